The molecule has 3 aromatic carbocycles. The van der Waals surface area contributed by atoms with Gasteiger partial charge in [0.25, 0.3) is 11.8 Å². The van der Waals surface area contributed by atoms with Crippen LogP contribution in [0.1, 0.15) is 27.0 Å². The van der Waals surface area contributed by atoms with Crippen molar-refractivity contribution in [2.24, 2.45) is 0 Å². The zero-order valence-electron chi connectivity index (χ0n) is 19.2. The molecule has 0 fully saturated rings. The molecule has 0 aliphatic heterocycles. The SMILES string of the molecule is Cc1ccc(OCC(=O)N(C)c2ccccc2C(=O)N(C)CCc2ccccc2)cc1C. The fraction of sp³-hybridized carbons (Fsp3) is 0.259. The number of carbonyl (C=O) groups is 2. The van der Waals surface area contributed by atoms with Crippen molar-refractivity contribution >= 4 is 17.5 Å². The van der Waals surface area contributed by atoms with Crippen molar-refractivity contribution in [3.63, 3.8) is 0 Å². The van der Waals surface area contributed by atoms with Gasteiger partial charge in [-0.1, -0.05) is 48.5 Å². The van der Waals surface area contributed by atoms with E-state index in [0.29, 0.717) is 23.5 Å². The van der Waals surface area contributed by atoms with E-state index in [-0.39, 0.29) is 18.4 Å². The average molecular weight is 431 g/mol. The molecule has 5 heteroatoms. The van der Waals surface area contributed by atoms with Crippen LogP contribution in [0.3, 0.4) is 0 Å². The van der Waals surface area contributed by atoms with Crippen molar-refractivity contribution in [3.8, 4) is 5.75 Å². The molecular weight excluding hydrogens is 400 g/mol. The molecule has 0 radical (unpaired) electrons. The van der Waals surface area contributed by atoms with E-state index in [2.05, 4.69) is 0 Å². The molecular formula is C27H30N2O3. The lowest BCUT2D eigenvalue weighted by atomic mass is 10.1. The Balaban J connectivity index is 1.66. The molecule has 0 aliphatic carbocycles. The van der Waals surface area contributed by atoms with Crippen molar-refractivity contribution in [2.75, 3.05) is 32.1 Å². The maximum Gasteiger partial charge on any atom is 0.264 e. The number of para-hydroxylation sites is 1. The van der Waals surface area contributed by atoms with Crippen LogP contribution in [0.4, 0.5) is 5.69 Å². The molecule has 0 aromatic heterocycles. The van der Waals surface area contributed by atoms with E-state index in [9.17, 15) is 9.59 Å². The minimum atomic E-state index is -0.226. The van der Waals surface area contributed by atoms with Crippen LogP contribution in [0, 0.1) is 13.8 Å². The number of hydrogen-bond acceptors (Lipinski definition) is 3. The molecule has 2 amide bonds. The van der Waals surface area contributed by atoms with E-state index in [4.69, 9.17) is 4.74 Å². The Bertz CT molecular complexity index is 1080. The van der Waals surface area contributed by atoms with Gasteiger partial charge in [-0.25, -0.2) is 0 Å². The van der Waals surface area contributed by atoms with Gasteiger partial charge in [0.15, 0.2) is 6.61 Å². The number of rotatable bonds is 8. The monoisotopic (exact) mass is 430 g/mol. The fourth-order valence-corrected chi connectivity index (χ4v) is 3.38. The van der Waals surface area contributed by atoms with Gasteiger partial charge in [-0.15, -0.1) is 0 Å². The summed E-state index contributed by atoms with van der Waals surface area (Å²) >= 11 is 0. The first-order chi connectivity index (χ1) is 15.4. The predicted molar refractivity (Wildman–Crippen MR) is 128 cm³/mol. The molecule has 3 rings (SSSR count). The van der Waals surface area contributed by atoms with Crippen LogP contribution in [0.25, 0.3) is 0 Å². The largest absolute Gasteiger partial charge is 0.484 e. The standard InChI is InChI=1S/C27H30N2O3/c1-20-14-15-23(18-21(20)2)32-19-26(30)29(4)25-13-9-8-12-24(25)27(31)28(3)17-16-22-10-6-5-7-11-22/h5-15,18H,16-17,19H2,1-4H3. The third kappa shape index (κ3) is 5.76. The third-order valence-electron chi connectivity index (χ3n) is 5.64. The van der Waals surface area contributed by atoms with E-state index in [0.717, 1.165) is 12.0 Å². The average Bonchev–Trinajstić information content (AvgIpc) is 2.82. The molecule has 0 saturated heterocycles. The predicted octanol–water partition coefficient (Wildman–Crippen LogP) is 4.66. The summed E-state index contributed by atoms with van der Waals surface area (Å²) in [6.07, 6.45) is 0.768. The maximum absolute atomic E-state index is 13.1. The van der Waals surface area contributed by atoms with Gasteiger partial charge in [0.1, 0.15) is 5.75 Å². The van der Waals surface area contributed by atoms with Crippen molar-refractivity contribution in [1.82, 2.24) is 4.90 Å². The summed E-state index contributed by atoms with van der Waals surface area (Å²) in [4.78, 5) is 29.1. The van der Waals surface area contributed by atoms with E-state index in [1.807, 2.05) is 74.5 Å². The van der Waals surface area contributed by atoms with Crippen LogP contribution in [0.5, 0.6) is 5.75 Å². The minimum absolute atomic E-state index is 0.106. The van der Waals surface area contributed by atoms with Gasteiger partial charge in [-0.3, -0.25) is 9.59 Å². The quantitative estimate of drug-likeness (QED) is 0.522. The third-order valence-corrected chi connectivity index (χ3v) is 5.64. The molecule has 3 aromatic rings. The van der Waals surface area contributed by atoms with Crippen molar-refractivity contribution in [3.05, 3.63) is 95.1 Å². The van der Waals surface area contributed by atoms with E-state index >= 15 is 0 Å². The number of carbonyl (C=O) groups excluding carboxylic acids is 2. The molecule has 32 heavy (non-hydrogen) atoms. The number of ether oxygens (including phenoxy) is 1. The first kappa shape index (κ1) is 23.1. The molecule has 0 saturated carbocycles. The zero-order valence-corrected chi connectivity index (χ0v) is 19.2. The first-order valence-electron chi connectivity index (χ1n) is 10.7. The molecule has 0 aliphatic rings. The van der Waals surface area contributed by atoms with Crippen LogP contribution in [-0.4, -0.2) is 44.0 Å². The van der Waals surface area contributed by atoms with Gasteiger partial charge >= 0.3 is 0 Å². The van der Waals surface area contributed by atoms with Crippen LogP contribution in [-0.2, 0) is 11.2 Å². The smallest absolute Gasteiger partial charge is 0.264 e. The Labute approximate surface area is 190 Å². The second-order valence-electron chi connectivity index (χ2n) is 7.97. The lowest BCUT2D eigenvalue weighted by Gasteiger charge is -2.23. The van der Waals surface area contributed by atoms with Crippen molar-refractivity contribution in [1.29, 1.82) is 0 Å². The summed E-state index contributed by atoms with van der Waals surface area (Å²) in [5, 5.41) is 0. The van der Waals surface area contributed by atoms with Gasteiger partial charge in [-0.2, -0.15) is 0 Å². The molecule has 166 valence electrons. The molecule has 0 unspecified atom stereocenters. The highest BCUT2D eigenvalue weighted by Gasteiger charge is 2.21. The Morgan fingerprint density at radius 3 is 2.25 bits per heavy atom. The van der Waals surface area contributed by atoms with Crippen molar-refractivity contribution in [2.45, 2.75) is 20.3 Å². The fourth-order valence-electron chi connectivity index (χ4n) is 3.38. The normalized spacial score (nSPS) is 10.5. The van der Waals surface area contributed by atoms with Gasteiger partial charge in [0.2, 0.25) is 0 Å². The lowest BCUT2D eigenvalue weighted by molar-refractivity contribution is -0.120. The maximum atomic E-state index is 13.1. The highest BCUT2D eigenvalue weighted by atomic mass is 16.5. The minimum Gasteiger partial charge on any atom is -0.484 e. The van der Waals surface area contributed by atoms with Crippen LogP contribution in [0.15, 0.2) is 72.8 Å². The number of hydrogen-bond donors (Lipinski definition) is 0. The first-order valence-corrected chi connectivity index (χ1v) is 10.7. The molecule has 5 nitrogen and oxygen atoms in total. The number of likely N-dealkylation sites (N-methyl/N-ethyl adjacent to an activating group) is 2. The Hall–Kier alpha value is -3.60. The van der Waals surface area contributed by atoms with E-state index < -0.39 is 0 Å². The van der Waals surface area contributed by atoms with Crippen LogP contribution in [0.2, 0.25) is 0 Å². The topological polar surface area (TPSA) is 49.9 Å². The number of benzene rings is 3. The number of nitrogens with zero attached hydrogens (tertiary/aromatic N) is 2. The van der Waals surface area contributed by atoms with E-state index in [1.54, 1.807) is 31.1 Å². The lowest BCUT2D eigenvalue weighted by Crippen LogP contribution is -2.35. The van der Waals surface area contributed by atoms with Crippen LogP contribution >= 0.6 is 0 Å². The second-order valence-corrected chi connectivity index (χ2v) is 7.97. The Morgan fingerprint density at radius 1 is 0.844 bits per heavy atom. The highest BCUT2D eigenvalue weighted by Crippen LogP contribution is 2.22. The zero-order chi connectivity index (χ0) is 23.1. The van der Waals surface area contributed by atoms with Gasteiger partial charge in [0, 0.05) is 20.6 Å². The summed E-state index contributed by atoms with van der Waals surface area (Å²) in [5.41, 5.74) is 4.52. The Morgan fingerprint density at radius 2 is 1.53 bits per heavy atom. The number of aryl methyl sites for hydroxylation is 2. The second kappa shape index (κ2) is 10.6. The molecule has 0 spiro atoms. The summed E-state index contributed by atoms with van der Waals surface area (Å²) in [7, 11) is 3.45. The van der Waals surface area contributed by atoms with E-state index in [1.165, 1.54) is 16.0 Å². The molecule has 0 heterocycles. The summed E-state index contributed by atoms with van der Waals surface area (Å²) in [6.45, 7) is 4.52. The number of anilines is 1. The molecule has 0 N–H and O–H groups in total. The summed E-state index contributed by atoms with van der Waals surface area (Å²) in [5.74, 6) is 0.307. The number of amides is 2. The summed E-state index contributed by atoms with van der Waals surface area (Å²) in [6, 6.07) is 23.0. The molecule has 0 atom stereocenters. The molecule has 0 bridgehead atoms. The van der Waals surface area contributed by atoms with Gasteiger partial charge in [-0.05, 0) is 61.2 Å². The highest BCUT2D eigenvalue weighted by molar-refractivity contribution is 6.04. The van der Waals surface area contributed by atoms with Gasteiger partial charge in [0.05, 0.1) is 11.3 Å². The Kier molecular flexibility index (Phi) is 7.66. The van der Waals surface area contributed by atoms with Gasteiger partial charge < -0.3 is 14.5 Å². The summed E-state index contributed by atoms with van der Waals surface area (Å²) < 4.78 is 5.70. The van der Waals surface area contributed by atoms with Crippen molar-refractivity contribution < 1.29 is 14.3 Å². The van der Waals surface area contributed by atoms with Crippen LogP contribution < -0.4 is 9.64 Å².